The van der Waals surface area contributed by atoms with Crippen LogP contribution in [0.1, 0.15) is 33.1 Å². The molecule has 1 heterocycles. The lowest BCUT2D eigenvalue weighted by atomic mass is 9.69. The molecule has 1 fully saturated rings. The number of esters is 1. The second kappa shape index (κ2) is 5.98. The van der Waals surface area contributed by atoms with Crippen LogP contribution in [0, 0.1) is 17.8 Å². The Labute approximate surface area is 108 Å². The minimum Gasteiger partial charge on any atom is -0.465 e. The van der Waals surface area contributed by atoms with Crippen molar-refractivity contribution in [1.82, 2.24) is 15.0 Å². The lowest BCUT2D eigenvalue weighted by Crippen LogP contribution is -2.34. The average Bonchev–Trinajstić information content (AvgIpc) is 2.82. The smallest absolute Gasteiger partial charge is 0.305 e. The van der Waals surface area contributed by atoms with E-state index in [1.165, 1.54) is 12.8 Å². The van der Waals surface area contributed by atoms with Crippen molar-refractivity contribution in [3.63, 3.8) is 0 Å². The summed E-state index contributed by atoms with van der Waals surface area (Å²) >= 11 is 0. The van der Waals surface area contributed by atoms with E-state index < -0.39 is 0 Å². The van der Waals surface area contributed by atoms with E-state index in [1.807, 2.05) is 6.92 Å². The highest BCUT2D eigenvalue weighted by atomic mass is 16.5. The molecule has 1 aromatic heterocycles. The Kier molecular flexibility index (Phi) is 4.33. The molecule has 0 bridgehead atoms. The molecule has 1 aliphatic carbocycles. The van der Waals surface area contributed by atoms with Gasteiger partial charge in [-0.2, -0.15) is 15.0 Å². The summed E-state index contributed by atoms with van der Waals surface area (Å²) in [4.78, 5) is 12.8. The first-order chi connectivity index (χ1) is 8.69. The van der Waals surface area contributed by atoms with Crippen molar-refractivity contribution in [3.8, 4) is 0 Å². The Hall–Kier alpha value is -1.39. The molecule has 100 valence electrons. The maximum absolute atomic E-state index is 11.1. The molecule has 0 aliphatic heterocycles. The summed E-state index contributed by atoms with van der Waals surface area (Å²) in [5.41, 5.74) is 0. The maximum atomic E-state index is 11.1. The SMILES string of the molecule is CCC(=O)OCC(C)C1CC(Cn2nccn2)C1. The first kappa shape index (κ1) is 13.1. The molecule has 0 N–H and O–H groups in total. The van der Waals surface area contributed by atoms with E-state index in [1.54, 1.807) is 17.2 Å². The molecule has 0 aromatic carbocycles. The van der Waals surface area contributed by atoms with Crippen molar-refractivity contribution < 1.29 is 9.53 Å². The van der Waals surface area contributed by atoms with Gasteiger partial charge >= 0.3 is 5.97 Å². The Morgan fingerprint density at radius 2 is 2.11 bits per heavy atom. The van der Waals surface area contributed by atoms with Crippen molar-refractivity contribution in [1.29, 1.82) is 0 Å². The van der Waals surface area contributed by atoms with Crippen LogP contribution in [0.15, 0.2) is 12.4 Å². The third-order valence-corrected chi connectivity index (χ3v) is 3.76. The Morgan fingerprint density at radius 1 is 1.44 bits per heavy atom. The Bertz CT molecular complexity index is 372. The molecule has 1 aliphatic rings. The number of carbonyl (C=O) groups is 1. The predicted molar refractivity (Wildman–Crippen MR) is 66.7 cm³/mol. The fourth-order valence-corrected chi connectivity index (χ4v) is 2.43. The summed E-state index contributed by atoms with van der Waals surface area (Å²) in [7, 11) is 0. The first-order valence-electron chi connectivity index (χ1n) is 6.68. The van der Waals surface area contributed by atoms with E-state index in [4.69, 9.17) is 4.74 Å². The molecule has 1 aromatic rings. The van der Waals surface area contributed by atoms with Gasteiger partial charge < -0.3 is 4.74 Å². The van der Waals surface area contributed by atoms with E-state index in [-0.39, 0.29) is 5.97 Å². The van der Waals surface area contributed by atoms with E-state index in [9.17, 15) is 4.79 Å². The molecule has 18 heavy (non-hydrogen) atoms. The van der Waals surface area contributed by atoms with Gasteiger partial charge in [0.15, 0.2) is 0 Å². The fourth-order valence-electron chi connectivity index (χ4n) is 2.43. The van der Waals surface area contributed by atoms with Crippen LogP contribution >= 0.6 is 0 Å². The number of hydrogen-bond acceptors (Lipinski definition) is 4. The van der Waals surface area contributed by atoms with E-state index in [0.717, 1.165) is 6.54 Å². The van der Waals surface area contributed by atoms with Gasteiger partial charge in [-0.25, -0.2) is 0 Å². The Balaban J connectivity index is 1.64. The summed E-state index contributed by atoms with van der Waals surface area (Å²) in [6.07, 6.45) is 6.26. The average molecular weight is 251 g/mol. The molecule has 5 heteroatoms. The number of rotatable bonds is 6. The standard InChI is InChI=1S/C13H21N3O2/c1-3-13(17)18-9-10(2)12-6-11(7-12)8-16-14-4-5-15-16/h4-5,10-12H,3,6-9H2,1-2H3. The van der Waals surface area contributed by atoms with Crippen molar-refractivity contribution in [3.05, 3.63) is 12.4 Å². The molecule has 2 rings (SSSR count). The third kappa shape index (κ3) is 3.31. The minimum atomic E-state index is -0.0986. The number of aromatic nitrogens is 3. The largest absolute Gasteiger partial charge is 0.465 e. The number of nitrogens with zero attached hydrogens (tertiary/aromatic N) is 3. The summed E-state index contributed by atoms with van der Waals surface area (Å²) in [6, 6.07) is 0. The fraction of sp³-hybridized carbons (Fsp3) is 0.769. The monoisotopic (exact) mass is 251 g/mol. The summed E-state index contributed by atoms with van der Waals surface area (Å²) < 4.78 is 5.18. The van der Waals surface area contributed by atoms with Crippen LogP contribution in [0.4, 0.5) is 0 Å². The molecule has 0 amide bonds. The summed E-state index contributed by atoms with van der Waals surface area (Å²) in [5, 5.41) is 8.23. The zero-order chi connectivity index (χ0) is 13.0. The first-order valence-corrected chi connectivity index (χ1v) is 6.68. The highest BCUT2D eigenvalue weighted by Crippen LogP contribution is 2.39. The van der Waals surface area contributed by atoms with Crippen LogP contribution in [0.3, 0.4) is 0 Å². The van der Waals surface area contributed by atoms with Gasteiger partial charge in [0.1, 0.15) is 0 Å². The quantitative estimate of drug-likeness (QED) is 0.724. The van der Waals surface area contributed by atoms with Crippen LogP contribution in [-0.4, -0.2) is 27.6 Å². The molecule has 1 saturated carbocycles. The molecule has 0 radical (unpaired) electrons. The number of carbonyl (C=O) groups excluding carboxylic acids is 1. The van der Waals surface area contributed by atoms with Crippen molar-refractivity contribution >= 4 is 5.97 Å². The van der Waals surface area contributed by atoms with Gasteiger partial charge in [0.05, 0.1) is 25.5 Å². The third-order valence-electron chi connectivity index (χ3n) is 3.76. The highest BCUT2D eigenvalue weighted by Gasteiger charge is 2.33. The summed E-state index contributed by atoms with van der Waals surface area (Å²) in [6.45, 7) is 5.45. The maximum Gasteiger partial charge on any atom is 0.305 e. The topological polar surface area (TPSA) is 57.0 Å². The molecule has 0 saturated heterocycles. The van der Waals surface area contributed by atoms with E-state index >= 15 is 0 Å². The second-order valence-corrected chi connectivity index (χ2v) is 5.20. The molecular formula is C13H21N3O2. The van der Waals surface area contributed by atoms with Crippen LogP contribution in [-0.2, 0) is 16.1 Å². The van der Waals surface area contributed by atoms with Crippen molar-refractivity contribution in [2.45, 2.75) is 39.7 Å². The van der Waals surface area contributed by atoms with Crippen LogP contribution in [0.5, 0.6) is 0 Å². The Morgan fingerprint density at radius 3 is 2.72 bits per heavy atom. The van der Waals surface area contributed by atoms with E-state index in [0.29, 0.717) is 30.8 Å². The van der Waals surface area contributed by atoms with E-state index in [2.05, 4.69) is 17.1 Å². The zero-order valence-electron chi connectivity index (χ0n) is 11.1. The molecule has 0 spiro atoms. The number of ether oxygens (including phenoxy) is 1. The second-order valence-electron chi connectivity index (χ2n) is 5.20. The van der Waals surface area contributed by atoms with Crippen LogP contribution in [0.25, 0.3) is 0 Å². The number of hydrogen-bond donors (Lipinski definition) is 0. The van der Waals surface area contributed by atoms with Gasteiger partial charge in [-0.1, -0.05) is 13.8 Å². The molecule has 5 nitrogen and oxygen atoms in total. The van der Waals surface area contributed by atoms with Gasteiger partial charge in [0.2, 0.25) is 0 Å². The zero-order valence-corrected chi connectivity index (χ0v) is 11.1. The molecule has 1 unspecified atom stereocenters. The highest BCUT2D eigenvalue weighted by molar-refractivity contribution is 5.68. The van der Waals surface area contributed by atoms with Gasteiger partial charge in [-0.05, 0) is 30.6 Å². The van der Waals surface area contributed by atoms with Gasteiger partial charge in [0, 0.05) is 6.42 Å². The molecular weight excluding hydrogens is 230 g/mol. The van der Waals surface area contributed by atoms with Crippen molar-refractivity contribution in [2.75, 3.05) is 6.61 Å². The van der Waals surface area contributed by atoms with Gasteiger partial charge in [-0.15, -0.1) is 0 Å². The minimum absolute atomic E-state index is 0.0986. The van der Waals surface area contributed by atoms with Crippen LogP contribution < -0.4 is 0 Å². The lowest BCUT2D eigenvalue weighted by Gasteiger charge is -2.38. The van der Waals surface area contributed by atoms with Gasteiger partial charge in [-0.3, -0.25) is 4.79 Å². The molecule has 1 atom stereocenters. The predicted octanol–water partition coefficient (Wildman–Crippen LogP) is 1.89. The summed E-state index contributed by atoms with van der Waals surface area (Å²) in [5.74, 6) is 1.71. The van der Waals surface area contributed by atoms with Crippen molar-refractivity contribution in [2.24, 2.45) is 17.8 Å². The lowest BCUT2D eigenvalue weighted by molar-refractivity contribution is -0.145. The normalized spacial score (nSPS) is 24.3. The van der Waals surface area contributed by atoms with Gasteiger partial charge in [0.25, 0.3) is 0 Å². The van der Waals surface area contributed by atoms with Crippen LogP contribution in [0.2, 0.25) is 0 Å².